The molecule has 0 radical (unpaired) electrons. The molecule has 0 aliphatic rings. The van der Waals surface area contributed by atoms with Crippen LogP contribution in [0, 0.1) is 5.82 Å². The zero-order valence-electron chi connectivity index (χ0n) is 14.5. The van der Waals surface area contributed by atoms with Crippen molar-refractivity contribution in [3.63, 3.8) is 0 Å². The number of para-hydroxylation sites is 1. The molecule has 28 heavy (non-hydrogen) atoms. The zero-order valence-corrected chi connectivity index (χ0v) is 16.1. The number of hydrogen-bond donors (Lipinski definition) is 2. The maximum Gasteiger partial charge on any atom is 0.337 e. The summed E-state index contributed by atoms with van der Waals surface area (Å²) in [4.78, 5) is 23.8. The number of carboxylic acid groups (broad SMARTS) is 1. The van der Waals surface area contributed by atoms with Crippen molar-refractivity contribution in [3.05, 3.63) is 93.7 Å². The average Bonchev–Trinajstić information content (AvgIpc) is 2.68. The first-order valence-electron chi connectivity index (χ1n) is 8.24. The molecule has 3 aromatic rings. The second kappa shape index (κ2) is 8.67. The second-order valence-corrected chi connectivity index (χ2v) is 6.72. The number of carbonyl (C=O) groups excluding carboxylic acids is 1. The number of hydrogen-bond acceptors (Lipinski definition) is 3. The summed E-state index contributed by atoms with van der Waals surface area (Å²) in [5, 5.41) is 11.9. The highest BCUT2D eigenvalue weighted by Gasteiger charge is 2.16. The van der Waals surface area contributed by atoms with Gasteiger partial charge >= 0.3 is 5.97 Å². The normalized spacial score (nSPS) is 10.4. The van der Waals surface area contributed by atoms with Gasteiger partial charge in [-0.3, -0.25) is 4.79 Å². The van der Waals surface area contributed by atoms with Crippen molar-refractivity contribution < 1.29 is 23.8 Å². The van der Waals surface area contributed by atoms with E-state index in [1.54, 1.807) is 48.5 Å². The van der Waals surface area contributed by atoms with E-state index < -0.39 is 11.9 Å². The summed E-state index contributed by atoms with van der Waals surface area (Å²) in [5.41, 5.74) is 1.20. The molecular weight excluding hydrogens is 429 g/mol. The standard InChI is InChI=1S/C21H15BrFNO4/c22-18-6-2-5-17(21(26)27)19(18)24-20(25)14-7-9-16(10-8-14)28-12-13-3-1-4-15(23)11-13/h1-11H,12H2,(H,24,25)(H,26,27). The lowest BCUT2D eigenvalue weighted by molar-refractivity contribution is 0.0698. The van der Waals surface area contributed by atoms with E-state index in [2.05, 4.69) is 21.2 Å². The van der Waals surface area contributed by atoms with E-state index in [-0.39, 0.29) is 23.7 Å². The van der Waals surface area contributed by atoms with Crippen LogP contribution in [0.25, 0.3) is 0 Å². The van der Waals surface area contributed by atoms with Gasteiger partial charge in [0.2, 0.25) is 0 Å². The van der Waals surface area contributed by atoms with Gasteiger partial charge in [-0.05, 0) is 70.0 Å². The van der Waals surface area contributed by atoms with E-state index in [1.165, 1.54) is 18.2 Å². The number of halogens is 2. The Kier molecular flexibility index (Phi) is 6.06. The molecule has 0 fully saturated rings. The lowest BCUT2D eigenvalue weighted by Gasteiger charge is -2.11. The lowest BCUT2D eigenvalue weighted by atomic mass is 10.1. The van der Waals surface area contributed by atoms with Gasteiger partial charge in [0.1, 0.15) is 18.2 Å². The van der Waals surface area contributed by atoms with Crippen molar-refractivity contribution in [1.29, 1.82) is 0 Å². The molecule has 3 aromatic carbocycles. The molecule has 0 spiro atoms. The Balaban J connectivity index is 1.68. The van der Waals surface area contributed by atoms with Gasteiger partial charge in [-0.15, -0.1) is 0 Å². The Morgan fingerprint density at radius 1 is 1.04 bits per heavy atom. The quantitative estimate of drug-likeness (QED) is 0.554. The Labute approximate surface area is 168 Å². The highest BCUT2D eigenvalue weighted by atomic mass is 79.9. The molecule has 0 aliphatic heterocycles. The molecule has 0 aromatic heterocycles. The summed E-state index contributed by atoms with van der Waals surface area (Å²) >= 11 is 3.25. The van der Waals surface area contributed by atoms with Gasteiger partial charge in [-0.25, -0.2) is 9.18 Å². The minimum Gasteiger partial charge on any atom is -0.489 e. The first-order chi connectivity index (χ1) is 13.4. The second-order valence-electron chi connectivity index (χ2n) is 5.86. The fraction of sp³-hybridized carbons (Fsp3) is 0.0476. The molecule has 1 amide bonds. The predicted octanol–water partition coefficient (Wildman–Crippen LogP) is 5.12. The van der Waals surface area contributed by atoms with Gasteiger partial charge in [0.25, 0.3) is 5.91 Å². The van der Waals surface area contributed by atoms with Gasteiger partial charge in [0.15, 0.2) is 0 Å². The molecule has 0 bridgehead atoms. The van der Waals surface area contributed by atoms with E-state index in [4.69, 9.17) is 4.74 Å². The molecule has 3 rings (SSSR count). The number of anilines is 1. The highest BCUT2D eigenvalue weighted by molar-refractivity contribution is 9.10. The van der Waals surface area contributed by atoms with Gasteiger partial charge in [0, 0.05) is 10.0 Å². The third-order valence-corrected chi connectivity index (χ3v) is 4.55. The van der Waals surface area contributed by atoms with Gasteiger partial charge < -0.3 is 15.2 Å². The van der Waals surface area contributed by atoms with E-state index >= 15 is 0 Å². The maximum atomic E-state index is 13.2. The van der Waals surface area contributed by atoms with Crippen molar-refractivity contribution in [1.82, 2.24) is 0 Å². The highest BCUT2D eigenvalue weighted by Crippen LogP contribution is 2.27. The van der Waals surface area contributed by atoms with Crippen LogP contribution in [0.5, 0.6) is 5.75 Å². The van der Waals surface area contributed by atoms with Crippen LogP contribution >= 0.6 is 15.9 Å². The Hall–Kier alpha value is -3.19. The summed E-state index contributed by atoms with van der Waals surface area (Å²) in [6.45, 7) is 0.197. The minimum absolute atomic E-state index is 0.0160. The number of rotatable bonds is 6. The summed E-state index contributed by atoms with van der Waals surface area (Å²) in [5.74, 6) is -1.40. The number of benzene rings is 3. The van der Waals surface area contributed by atoms with E-state index in [1.807, 2.05) is 0 Å². The Morgan fingerprint density at radius 3 is 2.43 bits per heavy atom. The van der Waals surface area contributed by atoms with Crippen molar-refractivity contribution >= 4 is 33.5 Å². The third-order valence-electron chi connectivity index (χ3n) is 3.89. The van der Waals surface area contributed by atoms with Crippen LogP contribution in [-0.4, -0.2) is 17.0 Å². The molecule has 7 heteroatoms. The Bertz CT molecular complexity index is 1020. The van der Waals surface area contributed by atoms with Gasteiger partial charge in [-0.1, -0.05) is 18.2 Å². The van der Waals surface area contributed by atoms with E-state index in [9.17, 15) is 19.1 Å². The zero-order chi connectivity index (χ0) is 20.1. The van der Waals surface area contributed by atoms with Crippen LogP contribution in [0.2, 0.25) is 0 Å². The van der Waals surface area contributed by atoms with Crippen LogP contribution in [0.3, 0.4) is 0 Å². The average molecular weight is 444 g/mol. The van der Waals surface area contributed by atoms with Crippen molar-refractivity contribution in [3.8, 4) is 5.75 Å². The molecule has 0 saturated carbocycles. The lowest BCUT2D eigenvalue weighted by Crippen LogP contribution is -2.15. The van der Waals surface area contributed by atoms with Crippen LogP contribution in [0.4, 0.5) is 10.1 Å². The Morgan fingerprint density at radius 2 is 1.75 bits per heavy atom. The number of nitrogens with one attached hydrogen (secondary N) is 1. The number of ether oxygens (including phenoxy) is 1. The summed E-state index contributed by atoms with van der Waals surface area (Å²) < 4.78 is 19.2. The van der Waals surface area contributed by atoms with Gasteiger partial charge in [-0.2, -0.15) is 0 Å². The molecule has 2 N–H and O–H groups in total. The van der Waals surface area contributed by atoms with Crippen LogP contribution < -0.4 is 10.1 Å². The predicted molar refractivity (Wildman–Crippen MR) is 106 cm³/mol. The smallest absolute Gasteiger partial charge is 0.337 e. The summed E-state index contributed by atoms with van der Waals surface area (Å²) in [7, 11) is 0. The van der Waals surface area contributed by atoms with E-state index in [0.717, 1.165) is 0 Å². The number of aromatic carboxylic acids is 1. The minimum atomic E-state index is -1.14. The molecule has 0 unspecified atom stereocenters. The number of carboxylic acids is 1. The molecular formula is C21H15BrFNO4. The topological polar surface area (TPSA) is 75.6 Å². The van der Waals surface area contributed by atoms with Crippen molar-refractivity contribution in [2.45, 2.75) is 6.61 Å². The fourth-order valence-corrected chi connectivity index (χ4v) is 2.98. The number of carbonyl (C=O) groups is 2. The monoisotopic (exact) mass is 443 g/mol. The van der Waals surface area contributed by atoms with Crippen molar-refractivity contribution in [2.24, 2.45) is 0 Å². The fourth-order valence-electron chi connectivity index (χ4n) is 2.51. The molecule has 0 heterocycles. The third kappa shape index (κ3) is 4.75. The van der Waals surface area contributed by atoms with E-state index in [0.29, 0.717) is 21.3 Å². The molecule has 142 valence electrons. The molecule has 5 nitrogen and oxygen atoms in total. The molecule has 0 aliphatic carbocycles. The first-order valence-corrected chi connectivity index (χ1v) is 9.04. The van der Waals surface area contributed by atoms with Crippen LogP contribution in [0.15, 0.2) is 71.2 Å². The van der Waals surface area contributed by atoms with Crippen molar-refractivity contribution in [2.75, 3.05) is 5.32 Å². The number of amides is 1. The first kappa shape index (κ1) is 19.6. The van der Waals surface area contributed by atoms with Crippen LogP contribution in [-0.2, 0) is 6.61 Å². The maximum absolute atomic E-state index is 13.2. The molecule has 0 atom stereocenters. The summed E-state index contributed by atoms with van der Waals surface area (Å²) in [6, 6.07) is 17.1. The largest absolute Gasteiger partial charge is 0.489 e. The van der Waals surface area contributed by atoms with Crippen LogP contribution in [0.1, 0.15) is 26.3 Å². The molecule has 0 saturated heterocycles. The van der Waals surface area contributed by atoms with Gasteiger partial charge in [0.05, 0.1) is 11.3 Å². The SMILES string of the molecule is O=C(Nc1c(Br)cccc1C(=O)O)c1ccc(OCc2cccc(F)c2)cc1. The summed E-state index contributed by atoms with van der Waals surface area (Å²) in [6.07, 6.45) is 0.